The van der Waals surface area contributed by atoms with E-state index >= 15 is 0 Å². The molecule has 16 heavy (non-hydrogen) atoms. The summed E-state index contributed by atoms with van der Waals surface area (Å²) >= 11 is 0. The molecule has 0 saturated carbocycles. The highest BCUT2D eigenvalue weighted by molar-refractivity contribution is 7.89. The van der Waals surface area contributed by atoms with Crippen LogP contribution in [0.15, 0.2) is 17.6 Å². The predicted molar refractivity (Wildman–Crippen MR) is 57.1 cm³/mol. The van der Waals surface area contributed by atoms with E-state index in [2.05, 4.69) is 14.7 Å². The number of hydrogen-bond donors (Lipinski definition) is 2. The van der Waals surface area contributed by atoms with Crippen LogP contribution < -0.4 is 4.72 Å². The lowest BCUT2D eigenvalue weighted by atomic mass is 10.3. The summed E-state index contributed by atoms with van der Waals surface area (Å²) in [5.41, 5.74) is 0. The monoisotopic (exact) mass is 246 g/mol. The molecule has 0 aliphatic carbocycles. The molecule has 2 N–H and O–H groups in total. The Morgan fingerprint density at radius 1 is 1.56 bits per heavy atom. The minimum atomic E-state index is -3.71. The molecule has 90 valence electrons. The summed E-state index contributed by atoms with van der Waals surface area (Å²) < 4.78 is 25.6. The van der Waals surface area contributed by atoms with E-state index in [1.54, 1.807) is 14.1 Å². The van der Waals surface area contributed by atoms with Crippen LogP contribution in [-0.4, -0.2) is 49.3 Å². The van der Waals surface area contributed by atoms with Crippen molar-refractivity contribution in [1.29, 1.82) is 0 Å². The molecule has 0 aliphatic rings. The van der Waals surface area contributed by atoms with Gasteiger partial charge in [-0.15, -0.1) is 0 Å². The third-order valence-corrected chi connectivity index (χ3v) is 3.37. The number of carbonyl (C=O) groups is 1. The third-order valence-electron chi connectivity index (χ3n) is 1.91. The SMILES string of the molecule is CC(NS(=O)(=O)c1cnc[nH]1)C(=O)N(C)C. The Labute approximate surface area is 93.9 Å². The fourth-order valence-corrected chi connectivity index (χ4v) is 2.22. The van der Waals surface area contributed by atoms with Crippen LogP contribution in [0.25, 0.3) is 0 Å². The van der Waals surface area contributed by atoms with Crippen LogP contribution in [0.2, 0.25) is 0 Å². The largest absolute Gasteiger partial charge is 0.347 e. The number of nitrogens with one attached hydrogen (secondary N) is 2. The average molecular weight is 246 g/mol. The molecule has 0 spiro atoms. The van der Waals surface area contributed by atoms with E-state index < -0.39 is 16.1 Å². The summed E-state index contributed by atoms with van der Waals surface area (Å²) in [6.45, 7) is 1.48. The second kappa shape index (κ2) is 4.62. The van der Waals surface area contributed by atoms with Crippen molar-refractivity contribution in [2.75, 3.05) is 14.1 Å². The zero-order valence-corrected chi connectivity index (χ0v) is 10.1. The van der Waals surface area contributed by atoms with E-state index in [1.165, 1.54) is 24.3 Å². The number of amides is 1. The molecule has 1 amide bonds. The van der Waals surface area contributed by atoms with E-state index in [9.17, 15) is 13.2 Å². The van der Waals surface area contributed by atoms with E-state index in [0.717, 1.165) is 0 Å². The third kappa shape index (κ3) is 2.80. The molecular formula is C8H14N4O3S. The van der Waals surface area contributed by atoms with Gasteiger partial charge in [-0.05, 0) is 6.92 Å². The van der Waals surface area contributed by atoms with Crippen LogP contribution in [0.1, 0.15) is 6.92 Å². The second-order valence-electron chi connectivity index (χ2n) is 3.49. The van der Waals surface area contributed by atoms with Crippen molar-refractivity contribution < 1.29 is 13.2 Å². The molecule has 0 bridgehead atoms. The van der Waals surface area contributed by atoms with Crippen LogP contribution in [0.4, 0.5) is 0 Å². The predicted octanol–water partition coefficient (Wildman–Crippen LogP) is -0.835. The van der Waals surface area contributed by atoms with E-state index in [1.807, 2.05) is 0 Å². The van der Waals surface area contributed by atoms with Crippen molar-refractivity contribution in [3.05, 3.63) is 12.5 Å². The van der Waals surface area contributed by atoms with Crippen LogP contribution in [0, 0.1) is 0 Å². The summed E-state index contributed by atoms with van der Waals surface area (Å²) in [6.07, 6.45) is 2.43. The van der Waals surface area contributed by atoms with Gasteiger partial charge in [0.2, 0.25) is 5.91 Å². The van der Waals surface area contributed by atoms with Gasteiger partial charge in [0.15, 0.2) is 5.03 Å². The van der Waals surface area contributed by atoms with E-state index in [4.69, 9.17) is 0 Å². The van der Waals surface area contributed by atoms with Crippen molar-refractivity contribution in [3.63, 3.8) is 0 Å². The normalized spacial score (nSPS) is 13.4. The van der Waals surface area contributed by atoms with Crippen LogP contribution >= 0.6 is 0 Å². The van der Waals surface area contributed by atoms with Gasteiger partial charge in [0, 0.05) is 14.1 Å². The first kappa shape index (κ1) is 12.7. The van der Waals surface area contributed by atoms with Gasteiger partial charge in [-0.3, -0.25) is 4.79 Å². The van der Waals surface area contributed by atoms with Crippen molar-refractivity contribution in [2.45, 2.75) is 18.0 Å². The van der Waals surface area contributed by atoms with Crippen LogP contribution in [0.3, 0.4) is 0 Å². The molecule has 8 heteroatoms. The molecule has 0 aromatic carbocycles. The van der Waals surface area contributed by atoms with E-state index in [-0.39, 0.29) is 10.9 Å². The van der Waals surface area contributed by atoms with Crippen LogP contribution in [-0.2, 0) is 14.8 Å². The first-order valence-corrected chi connectivity index (χ1v) is 6.05. The summed E-state index contributed by atoms with van der Waals surface area (Å²) in [7, 11) is -0.593. The number of H-pyrrole nitrogens is 1. The Morgan fingerprint density at radius 2 is 2.19 bits per heavy atom. The molecule has 0 saturated heterocycles. The first-order chi connectivity index (χ1) is 7.34. The minimum absolute atomic E-state index is 0.0640. The van der Waals surface area contributed by atoms with E-state index in [0.29, 0.717) is 0 Å². The Morgan fingerprint density at radius 3 is 2.62 bits per heavy atom. The molecular weight excluding hydrogens is 232 g/mol. The molecule has 1 rings (SSSR count). The summed E-state index contributed by atoms with van der Waals surface area (Å²) in [6, 6.07) is -0.816. The van der Waals surface area contributed by atoms with Crippen molar-refractivity contribution in [3.8, 4) is 0 Å². The first-order valence-electron chi connectivity index (χ1n) is 4.56. The number of likely N-dealkylation sites (N-methyl/N-ethyl adjacent to an activating group) is 1. The molecule has 0 aliphatic heterocycles. The van der Waals surface area contributed by atoms with Gasteiger partial charge in [-0.1, -0.05) is 0 Å². The highest BCUT2D eigenvalue weighted by Crippen LogP contribution is 2.03. The Balaban J connectivity index is 2.79. The highest BCUT2D eigenvalue weighted by Gasteiger charge is 2.23. The van der Waals surface area contributed by atoms with Gasteiger partial charge >= 0.3 is 0 Å². The minimum Gasteiger partial charge on any atom is -0.347 e. The number of sulfonamides is 1. The number of nitrogens with zero attached hydrogens (tertiary/aromatic N) is 2. The number of hydrogen-bond acceptors (Lipinski definition) is 4. The number of rotatable bonds is 4. The van der Waals surface area contributed by atoms with Gasteiger partial charge < -0.3 is 9.88 Å². The maximum atomic E-state index is 11.7. The molecule has 1 atom stereocenters. The van der Waals surface area contributed by atoms with Crippen molar-refractivity contribution in [2.24, 2.45) is 0 Å². The zero-order valence-electron chi connectivity index (χ0n) is 9.26. The van der Waals surface area contributed by atoms with Gasteiger partial charge in [-0.25, -0.2) is 13.4 Å². The fourth-order valence-electron chi connectivity index (χ4n) is 1.12. The topological polar surface area (TPSA) is 95.2 Å². The maximum Gasteiger partial charge on any atom is 0.258 e. The smallest absolute Gasteiger partial charge is 0.258 e. The number of carbonyl (C=O) groups excluding carboxylic acids is 1. The fraction of sp³-hybridized carbons (Fsp3) is 0.500. The van der Waals surface area contributed by atoms with Gasteiger partial charge in [0.1, 0.15) is 0 Å². The lowest BCUT2D eigenvalue weighted by Gasteiger charge is -2.17. The average Bonchev–Trinajstić information content (AvgIpc) is 2.68. The van der Waals surface area contributed by atoms with Gasteiger partial charge in [0.25, 0.3) is 10.0 Å². The quantitative estimate of drug-likeness (QED) is 0.724. The Kier molecular flexibility index (Phi) is 3.66. The Hall–Kier alpha value is -1.41. The highest BCUT2D eigenvalue weighted by atomic mass is 32.2. The number of aromatic nitrogens is 2. The van der Waals surface area contributed by atoms with Gasteiger partial charge in [0.05, 0.1) is 18.6 Å². The molecule has 7 nitrogen and oxygen atoms in total. The number of imidazole rings is 1. The van der Waals surface area contributed by atoms with Crippen LogP contribution in [0.5, 0.6) is 0 Å². The number of aromatic amines is 1. The molecule has 1 aromatic heterocycles. The molecule has 1 aromatic rings. The summed E-state index contributed by atoms with van der Waals surface area (Å²) in [4.78, 5) is 18.9. The standard InChI is InChI=1S/C8H14N4O3S/c1-6(8(13)12(2)3)11-16(14,15)7-4-9-5-10-7/h4-6,11H,1-3H3,(H,9,10). The lowest BCUT2D eigenvalue weighted by molar-refractivity contribution is -0.130. The molecule has 0 fully saturated rings. The maximum absolute atomic E-state index is 11.7. The molecule has 1 heterocycles. The summed E-state index contributed by atoms with van der Waals surface area (Å²) in [5.74, 6) is -0.317. The van der Waals surface area contributed by atoms with Crippen molar-refractivity contribution in [1.82, 2.24) is 19.6 Å². The van der Waals surface area contributed by atoms with Crippen molar-refractivity contribution >= 4 is 15.9 Å². The second-order valence-corrected chi connectivity index (χ2v) is 5.17. The zero-order chi connectivity index (χ0) is 12.3. The molecule has 0 radical (unpaired) electrons. The summed E-state index contributed by atoms with van der Waals surface area (Å²) in [5, 5.41) is -0.0640. The Bertz CT molecular complexity index is 452. The lowest BCUT2D eigenvalue weighted by Crippen LogP contribution is -2.44. The van der Waals surface area contributed by atoms with Gasteiger partial charge in [-0.2, -0.15) is 4.72 Å². The molecule has 1 unspecified atom stereocenters.